The van der Waals surface area contributed by atoms with Crippen LogP contribution >= 0.6 is 0 Å². The third kappa shape index (κ3) is 5.48. The van der Waals surface area contributed by atoms with Gasteiger partial charge in [-0.3, -0.25) is 0 Å². The van der Waals surface area contributed by atoms with Crippen molar-refractivity contribution >= 4 is 11.9 Å². The zero-order valence-electron chi connectivity index (χ0n) is 7.07. The topological polar surface area (TPSA) is 111 Å². The van der Waals surface area contributed by atoms with Crippen molar-refractivity contribution in [2.24, 2.45) is 16.5 Å². The van der Waals surface area contributed by atoms with E-state index in [1.807, 2.05) is 0 Å². The first-order chi connectivity index (χ1) is 5.33. The van der Waals surface area contributed by atoms with E-state index < -0.39 is 18.3 Å². The molecule has 0 amide bonds. The second-order valence-corrected chi connectivity index (χ2v) is 2.67. The molecule has 6 nitrogen and oxygen atoms in total. The summed E-state index contributed by atoms with van der Waals surface area (Å²) < 4.78 is 4.85. The van der Waals surface area contributed by atoms with Gasteiger partial charge < -0.3 is 21.3 Å². The van der Waals surface area contributed by atoms with Crippen LogP contribution in [0.2, 0.25) is 0 Å². The molecule has 0 saturated carbocycles. The van der Waals surface area contributed by atoms with E-state index in [9.17, 15) is 4.79 Å². The van der Waals surface area contributed by atoms with Crippen molar-refractivity contribution in [2.75, 3.05) is 6.61 Å². The lowest BCUT2D eigenvalue weighted by molar-refractivity contribution is -0.147. The Balaban J connectivity index is 4.05. The first-order valence-corrected chi connectivity index (χ1v) is 3.30. The molecule has 0 aromatic rings. The lowest BCUT2D eigenvalue weighted by atomic mass is 10.3. The number of carbonyl (C=O) groups is 1. The molecule has 0 bridgehead atoms. The molecule has 0 fully saturated rings. The summed E-state index contributed by atoms with van der Waals surface area (Å²) in [5.41, 5.74) is 9.18. The lowest BCUT2D eigenvalue weighted by Crippen LogP contribution is -2.32. The first kappa shape index (κ1) is 10.7. The summed E-state index contributed by atoms with van der Waals surface area (Å²) in [6.07, 6.45) is 0. The zero-order valence-corrected chi connectivity index (χ0v) is 7.07. The van der Waals surface area contributed by atoms with Gasteiger partial charge in [0.25, 0.3) is 0 Å². The largest absolute Gasteiger partial charge is 0.480 e. The Labute approximate surface area is 70.2 Å². The Morgan fingerprint density at radius 1 is 1.58 bits per heavy atom. The van der Waals surface area contributed by atoms with Crippen molar-refractivity contribution in [3.63, 3.8) is 0 Å². The predicted molar refractivity (Wildman–Crippen MR) is 43.5 cm³/mol. The highest BCUT2D eigenvalue weighted by molar-refractivity contribution is 5.76. The summed E-state index contributed by atoms with van der Waals surface area (Å²) >= 11 is 0. The molecule has 0 unspecified atom stereocenters. The third-order valence-electron chi connectivity index (χ3n) is 0.947. The van der Waals surface area contributed by atoms with Gasteiger partial charge in [-0.2, -0.15) is 0 Å². The highest BCUT2D eigenvalue weighted by Gasteiger charge is 2.18. The van der Waals surface area contributed by atoms with Gasteiger partial charge >= 0.3 is 5.97 Å². The standard InChI is InChI=1S/C6H13N3O3/c1-6(2,9-5(7)8)12-3-4(10)11/h3H2,1-2H3,(H,10,11)(H4,7,8,9). The van der Waals surface area contributed by atoms with E-state index in [0.29, 0.717) is 0 Å². The van der Waals surface area contributed by atoms with Crippen LogP contribution < -0.4 is 11.5 Å². The molecule has 0 aliphatic heterocycles. The number of nitrogens with zero attached hydrogens (tertiary/aromatic N) is 1. The highest BCUT2D eigenvalue weighted by Crippen LogP contribution is 2.09. The van der Waals surface area contributed by atoms with Crippen LogP contribution in [0.15, 0.2) is 4.99 Å². The normalized spacial score (nSPS) is 10.8. The Morgan fingerprint density at radius 3 is 2.42 bits per heavy atom. The maximum absolute atomic E-state index is 10.1. The fourth-order valence-electron chi connectivity index (χ4n) is 0.582. The molecule has 0 aromatic heterocycles. The number of guanidine groups is 1. The monoisotopic (exact) mass is 175 g/mol. The van der Waals surface area contributed by atoms with Crippen molar-refractivity contribution in [3.8, 4) is 0 Å². The minimum absolute atomic E-state index is 0.134. The van der Waals surface area contributed by atoms with E-state index in [1.165, 1.54) is 0 Å². The Morgan fingerprint density at radius 2 is 2.08 bits per heavy atom. The van der Waals surface area contributed by atoms with Gasteiger partial charge in [0.15, 0.2) is 11.7 Å². The van der Waals surface area contributed by atoms with Crippen molar-refractivity contribution in [1.82, 2.24) is 0 Å². The van der Waals surface area contributed by atoms with Crippen LogP contribution in [0.5, 0.6) is 0 Å². The Bertz CT molecular complexity index is 196. The van der Waals surface area contributed by atoms with Crippen LogP contribution in [0.25, 0.3) is 0 Å². The minimum Gasteiger partial charge on any atom is -0.480 e. The smallest absolute Gasteiger partial charge is 0.329 e. The maximum Gasteiger partial charge on any atom is 0.329 e. The zero-order chi connectivity index (χ0) is 9.78. The Kier molecular flexibility index (Phi) is 3.49. The average Bonchev–Trinajstić information content (AvgIpc) is 1.81. The van der Waals surface area contributed by atoms with Gasteiger partial charge in [-0.25, -0.2) is 9.79 Å². The first-order valence-electron chi connectivity index (χ1n) is 3.30. The number of hydrogen-bond donors (Lipinski definition) is 3. The maximum atomic E-state index is 10.1. The number of rotatable bonds is 4. The molecule has 70 valence electrons. The van der Waals surface area contributed by atoms with Crippen molar-refractivity contribution in [3.05, 3.63) is 0 Å². The molecule has 0 aliphatic rings. The number of carboxylic acids is 1. The summed E-state index contributed by atoms with van der Waals surface area (Å²) in [6.45, 7) is 2.70. The molecule has 5 N–H and O–H groups in total. The number of hydrogen-bond acceptors (Lipinski definition) is 3. The SMILES string of the molecule is CC(C)(N=C(N)N)OCC(=O)O. The average molecular weight is 175 g/mol. The summed E-state index contributed by atoms with van der Waals surface area (Å²) in [4.78, 5) is 13.8. The van der Waals surface area contributed by atoms with Gasteiger partial charge in [-0.15, -0.1) is 0 Å². The highest BCUT2D eigenvalue weighted by atomic mass is 16.5. The fourth-order valence-corrected chi connectivity index (χ4v) is 0.582. The predicted octanol–water partition coefficient (Wildman–Crippen LogP) is -0.903. The van der Waals surface area contributed by atoms with Gasteiger partial charge in [0, 0.05) is 0 Å². The van der Waals surface area contributed by atoms with E-state index >= 15 is 0 Å². The number of nitrogens with two attached hydrogens (primary N) is 2. The second-order valence-electron chi connectivity index (χ2n) is 2.67. The van der Waals surface area contributed by atoms with Gasteiger partial charge in [0.1, 0.15) is 6.61 Å². The molecule has 6 heteroatoms. The number of aliphatic imine (C=N–C) groups is 1. The second kappa shape index (κ2) is 3.91. The number of ether oxygens (including phenoxy) is 1. The van der Waals surface area contributed by atoms with Crippen LogP contribution in [-0.4, -0.2) is 29.4 Å². The van der Waals surface area contributed by atoms with Crippen LogP contribution in [0.3, 0.4) is 0 Å². The van der Waals surface area contributed by atoms with E-state index in [1.54, 1.807) is 13.8 Å². The van der Waals surface area contributed by atoms with E-state index in [0.717, 1.165) is 0 Å². The third-order valence-corrected chi connectivity index (χ3v) is 0.947. The van der Waals surface area contributed by atoms with Crippen molar-refractivity contribution in [1.29, 1.82) is 0 Å². The van der Waals surface area contributed by atoms with Crippen LogP contribution in [0.1, 0.15) is 13.8 Å². The summed E-state index contributed by atoms with van der Waals surface area (Å²) in [5.74, 6) is -1.20. The van der Waals surface area contributed by atoms with Crippen LogP contribution in [0, 0.1) is 0 Å². The van der Waals surface area contributed by atoms with Gasteiger partial charge in [0.05, 0.1) is 0 Å². The molecular weight excluding hydrogens is 162 g/mol. The molecule has 0 atom stereocenters. The fraction of sp³-hybridized carbons (Fsp3) is 0.667. The summed E-state index contributed by atoms with van der Waals surface area (Å²) in [6, 6.07) is 0. The summed E-state index contributed by atoms with van der Waals surface area (Å²) in [7, 11) is 0. The molecule has 0 rings (SSSR count). The molecule has 0 saturated heterocycles. The molecule has 0 aromatic carbocycles. The lowest BCUT2D eigenvalue weighted by Gasteiger charge is -2.19. The molecular formula is C6H13N3O3. The quantitative estimate of drug-likeness (QED) is 0.378. The van der Waals surface area contributed by atoms with E-state index in [4.69, 9.17) is 21.3 Å². The number of aliphatic carboxylic acids is 1. The molecule has 0 radical (unpaired) electrons. The van der Waals surface area contributed by atoms with Crippen LogP contribution in [0.4, 0.5) is 0 Å². The minimum atomic E-state index is -1.06. The molecule has 0 spiro atoms. The molecule has 0 heterocycles. The molecule has 12 heavy (non-hydrogen) atoms. The van der Waals surface area contributed by atoms with Gasteiger partial charge in [-0.1, -0.05) is 0 Å². The summed E-state index contributed by atoms with van der Waals surface area (Å²) in [5, 5.41) is 8.27. The van der Waals surface area contributed by atoms with Gasteiger partial charge in [0.2, 0.25) is 0 Å². The van der Waals surface area contributed by atoms with Crippen molar-refractivity contribution < 1.29 is 14.6 Å². The van der Waals surface area contributed by atoms with Crippen molar-refractivity contribution in [2.45, 2.75) is 19.6 Å². The molecule has 0 aliphatic carbocycles. The Hall–Kier alpha value is -1.30. The number of carboxylic acid groups (broad SMARTS) is 1. The van der Waals surface area contributed by atoms with E-state index in [2.05, 4.69) is 4.99 Å². The van der Waals surface area contributed by atoms with Crippen LogP contribution in [-0.2, 0) is 9.53 Å². The van der Waals surface area contributed by atoms with E-state index in [-0.39, 0.29) is 5.96 Å². The van der Waals surface area contributed by atoms with Gasteiger partial charge in [-0.05, 0) is 13.8 Å².